The van der Waals surface area contributed by atoms with E-state index in [1.54, 1.807) is 5.94 Å². The summed E-state index contributed by atoms with van der Waals surface area (Å²) in [7, 11) is 0. The van der Waals surface area contributed by atoms with Crippen molar-refractivity contribution in [2.45, 2.75) is 12.8 Å². The van der Waals surface area contributed by atoms with Gasteiger partial charge in [0, 0.05) is 22.9 Å². The maximum atomic E-state index is 9.73. The topological polar surface area (TPSA) is 17.1 Å². The molecule has 0 bridgehead atoms. The second-order valence-electron chi connectivity index (χ2n) is 1.98. The molecule has 1 nitrogen and oxygen atoms in total. The van der Waals surface area contributed by atoms with Gasteiger partial charge in [0.15, 0.2) is 0 Å². The van der Waals surface area contributed by atoms with Gasteiger partial charge in [-0.15, -0.1) is 0 Å². The van der Waals surface area contributed by atoms with Crippen LogP contribution in [0.4, 0.5) is 0 Å². The van der Waals surface area contributed by atoms with Crippen molar-refractivity contribution < 1.29 is 21.6 Å². The van der Waals surface area contributed by atoms with Crippen LogP contribution >= 0.6 is 0 Å². The molecule has 1 radical (unpaired) electrons. The van der Waals surface area contributed by atoms with Crippen LogP contribution in [0.15, 0.2) is 29.9 Å². The van der Waals surface area contributed by atoms with Gasteiger partial charge >= 0.3 is 0 Å². The van der Waals surface area contributed by atoms with E-state index in [-0.39, 0.29) is 16.8 Å². The maximum Gasteiger partial charge on any atom is 0.120 e. The first-order valence-corrected chi connectivity index (χ1v) is 2.97. The van der Waals surface area contributed by atoms with Crippen molar-refractivity contribution in [1.82, 2.24) is 0 Å². The van der Waals surface area contributed by atoms with Crippen LogP contribution in [0.25, 0.3) is 0 Å². The molecule has 1 aliphatic carbocycles. The first-order chi connectivity index (χ1) is 4.43. The number of hydrogen-bond acceptors (Lipinski definition) is 1. The molecule has 0 saturated heterocycles. The number of allylic oxidation sites excluding steroid dienone is 5. The van der Waals surface area contributed by atoms with Gasteiger partial charge in [-0.25, -0.2) is 4.79 Å². The van der Waals surface area contributed by atoms with Crippen molar-refractivity contribution in [3.05, 3.63) is 29.9 Å². The number of rotatable bonds is 2. The third-order valence-electron chi connectivity index (χ3n) is 1.30. The summed E-state index contributed by atoms with van der Waals surface area (Å²) in [6.45, 7) is 0. The molecule has 55 valence electrons. The van der Waals surface area contributed by atoms with Crippen LogP contribution in [0.1, 0.15) is 12.8 Å². The predicted molar refractivity (Wildman–Crippen MR) is 36.7 cm³/mol. The van der Waals surface area contributed by atoms with Gasteiger partial charge in [-0.05, 0) is 12.8 Å². The van der Waals surface area contributed by atoms with Crippen molar-refractivity contribution in [2.24, 2.45) is 0 Å². The Morgan fingerprint density at radius 1 is 1.70 bits per heavy atom. The van der Waals surface area contributed by atoms with Gasteiger partial charge in [-0.1, -0.05) is 23.8 Å². The summed E-state index contributed by atoms with van der Waals surface area (Å²) in [5.74, 6) is 1.75. The van der Waals surface area contributed by atoms with Crippen molar-refractivity contribution in [1.29, 1.82) is 0 Å². The molecule has 0 unspecified atom stereocenters. The SMILES string of the molecule is O=C=CCC1=CC=CC1.[Co]. The van der Waals surface area contributed by atoms with Crippen molar-refractivity contribution in [2.75, 3.05) is 0 Å². The van der Waals surface area contributed by atoms with E-state index in [9.17, 15) is 4.79 Å². The number of carbonyl (C=O) groups excluding carboxylic acids is 1. The van der Waals surface area contributed by atoms with Gasteiger partial charge in [-0.3, -0.25) is 0 Å². The van der Waals surface area contributed by atoms with Gasteiger partial charge in [0.1, 0.15) is 5.94 Å². The average molecular weight is 179 g/mol. The van der Waals surface area contributed by atoms with Crippen LogP contribution in [0.2, 0.25) is 0 Å². The molecule has 0 atom stereocenters. The van der Waals surface area contributed by atoms with Crippen LogP contribution < -0.4 is 0 Å². The minimum absolute atomic E-state index is 0. The van der Waals surface area contributed by atoms with E-state index >= 15 is 0 Å². The van der Waals surface area contributed by atoms with E-state index in [2.05, 4.69) is 6.08 Å². The molecule has 0 amide bonds. The fraction of sp³-hybridized carbons (Fsp3) is 0.250. The Labute approximate surface area is 70.7 Å². The molecule has 0 aromatic carbocycles. The van der Waals surface area contributed by atoms with E-state index < -0.39 is 0 Å². The molecule has 2 heteroatoms. The van der Waals surface area contributed by atoms with Crippen LogP contribution in [-0.2, 0) is 21.6 Å². The zero-order valence-corrected chi connectivity index (χ0v) is 6.51. The second kappa shape index (κ2) is 5.24. The monoisotopic (exact) mass is 179 g/mol. The standard InChI is InChI=1S/C8H8O.Co/c9-7-3-6-8-4-1-2-5-8;/h1-4H,5-6H2;. The third-order valence-corrected chi connectivity index (χ3v) is 1.30. The summed E-state index contributed by atoms with van der Waals surface area (Å²) >= 11 is 0. The van der Waals surface area contributed by atoms with E-state index in [1.165, 1.54) is 11.6 Å². The second-order valence-corrected chi connectivity index (χ2v) is 1.98. The summed E-state index contributed by atoms with van der Waals surface area (Å²) < 4.78 is 0. The zero-order valence-electron chi connectivity index (χ0n) is 5.47. The first-order valence-electron chi connectivity index (χ1n) is 2.97. The molecule has 0 spiro atoms. The zero-order chi connectivity index (χ0) is 6.53. The van der Waals surface area contributed by atoms with E-state index in [4.69, 9.17) is 0 Å². The summed E-state index contributed by atoms with van der Waals surface area (Å²) in [5.41, 5.74) is 1.29. The first kappa shape index (κ1) is 9.44. The number of hydrogen-bond donors (Lipinski definition) is 0. The van der Waals surface area contributed by atoms with E-state index in [0.29, 0.717) is 0 Å². The van der Waals surface area contributed by atoms with Crippen LogP contribution in [0, 0.1) is 0 Å². The largest absolute Gasteiger partial charge is 0.234 e. The van der Waals surface area contributed by atoms with Gasteiger partial charge in [0.25, 0.3) is 0 Å². The molecule has 0 aromatic heterocycles. The molecule has 0 heterocycles. The molecule has 0 saturated carbocycles. The summed E-state index contributed by atoms with van der Waals surface area (Å²) in [5, 5.41) is 0. The van der Waals surface area contributed by atoms with Crippen LogP contribution in [-0.4, -0.2) is 5.94 Å². The molecular weight excluding hydrogens is 171 g/mol. The van der Waals surface area contributed by atoms with Crippen LogP contribution in [0.5, 0.6) is 0 Å². The van der Waals surface area contributed by atoms with Gasteiger partial charge in [-0.2, -0.15) is 0 Å². The smallest absolute Gasteiger partial charge is 0.120 e. The Morgan fingerprint density at radius 3 is 3.00 bits per heavy atom. The van der Waals surface area contributed by atoms with Crippen molar-refractivity contribution in [3.63, 3.8) is 0 Å². The fourth-order valence-electron chi connectivity index (χ4n) is 0.816. The van der Waals surface area contributed by atoms with E-state index in [1.807, 2.05) is 12.2 Å². The van der Waals surface area contributed by atoms with Crippen LogP contribution in [0.3, 0.4) is 0 Å². The Hall–Kier alpha value is -0.564. The van der Waals surface area contributed by atoms with Gasteiger partial charge in [0.05, 0.1) is 0 Å². The summed E-state index contributed by atoms with van der Waals surface area (Å²) in [4.78, 5) is 9.73. The molecule has 0 aliphatic heterocycles. The minimum Gasteiger partial charge on any atom is -0.234 e. The molecule has 10 heavy (non-hydrogen) atoms. The summed E-state index contributed by atoms with van der Waals surface area (Å²) in [6.07, 6.45) is 9.39. The van der Waals surface area contributed by atoms with E-state index in [0.717, 1.165) is 12.8 Å². The third kappa shape index (κ3) is 2.83. The Bertz CT molecular complexity index is 197. The average Bonchev–Trinajstić information content (AvgIpc) is 2.34. The molecule has 0 N–H and O–H groups in total. The van der Waals surface area contributed by atoms with Crippen molar-refractivity contribution >= 4 is 5.94 Å². The fourth-order valence-corrected chi connectivity index (χ4v) is 0.816. The minimum atomic E-state index is 0. The quantitative estimate of drug-likeness (QED) is 0.589. The van der Waals surface area contributed by atoms with Gasteiger partial charge in [0.2, 0.25) is 0 Å². The molecular formula is C8H8CoO. The maximum absolute atomic E-state index is 9.73. The molecule has 0 fully saturated rings. The van der Waals surface area contributed by atoms with Crippen molar-refractivity contribution in [3.8, 4) is 0 Å². The van der Waals surface area contributed by atoms with Gasteiger partial charge < -0.3 is 0 Å². The Balaban J connectivity index is 0.000000810. The normalized spacial score (nSPS) is 13.4. The molecule has 0 aromatic rings. The predicted octanol–water partition coefficient (Wildman–Crippen LogP) is 1.65. The Morgan fingerprint density at radius 2 is 2.50 bits per heavy atom. The molecule has 1 aliphatic rings. The molecule has 1 rings (SSSR count). The summed E-state index contributed by atoms with van der Waals surface area (Å²) in [6, 6.07) is 0. The Kier molecular flexibility index (Phi) is 4.94.